The highest BCUT2D eigenvalue weighted by molar-refractivity contribution is 7.13. The molecule has 0 unspecified atom stereocenters. The third kappa shape index (κ3) is 2.28. The number of hydrogen-bond acceptors (Lipinski definition) is 5. The summed E-state index contributed by atoms with van der Waals surface area (Å²) in [6.45, 7) is 0. The van der Waals surface area contributed by atoms with Crippen LogP contribution in [0.2, 0.25) is 0 Å². The second kappa shape index (κ2) is 4.69. The number of carbonyl (C=O) groups excluding carboxylic acids is 1. The molecule has 0 N–H and O–H groups in total. The highest BCUT2D eigenvalue weighted by Crippen LogP contribution is 2.33. The summed E-state index contributed by atoms with van der Waals surface area (Å²) in [5, 5.41) is 12.6. The van der Waals surface area contributed by atoms with Crippen LogP contribution in [-0.4, -0.2) is 11.0 Å². The van der Waals surface area contributed by atoms with E-state index in [2.05, 4.69) is 4.99 Å². The van der Waals surface area contributed by atoms with Gasteiger partial charge in [0.25, 0.3) is 5.69 Å². The van der Waals surface area contributed by atoms with Crippen LogP contribution < -0.4 is 0 Å². The van der Waals surface area contributed by atoms with Crippen molar-refractivity contribution < 1.29 is 9.72 Å². The summed E-state index contributed by atoms with van der Waals surface area (Å²) in [5.41, 5.74) is 0.615. The van der Waals surface area contributed by atoms with E-state index in [0.29, 0.717) is 0 Å². The van der Waals surface area contributed by atoms with Gasteiger partial charge in [-0.3, -0.25) is 10.1 Å². The molecule has 2 rings (SSSR count). The first-order chi connectivity index (χ1) is 8.22. The van der Waals surface area contributed by atoms with E-state index >= 15 is 0 Å². The molecule has 1 aromatic heterocycles. The van der Waals surface area contributed by atoms with Crippen molar-refractivity contribution >= 4 is 28.8 Å². The van der Waals surface area contributed by atoms with Gasteiger partial charge >= 0.3 is 0 Å². The monoisotopic (exact) mass is 246 g/mol. The summed E-state index contributed by atoms with van der Waals surface area (Å²) < 4.78 is 0. The third-order valence-corrected chi connectivity index (χ3v) is 3.06. The van der Waals surface area contributed by atoms with E-state index in [0.717, 1.165) is 10.4 Å². The average molecular weight is 246 g/mol. The quantitative estimate of drug-likeness (QED) is 0.361. The molecular weight excluding hydrogens is 240 g/mol. The van der Waals surface area contributed by atoms with Gasteiger partial charge in [0.05, 0.1) is 4.92 Å². The minimum Gasteiger partial charge on any atom is -0.258 e. The Balaban J connectivity index is 2.57. The number of thiophene rings is 1. The summed E-state index contributed by atoms with van der Waals surface area (Å²) in [6, 6.07) is 8.25. The maximum Gasteiger partial charge on any atom is 0.295 e. The fourth-order valence-corrected chi connectivity index (χ4v) is 2.14. The molecule has 0 aliphatic rings. The average Bonchev–Trinajstić information content (AvgIpc) is 2.82. The van der Waals surface area contributed by atoms with Gasteiger partial charge in [-0.25, -0.2) is 4.79 Å². The lowest BCUT2D eigenvalue weighted by atomic mass is 10.1. The first kappa shape index (κ1) is 11.2. The summed E-state index contributed by atoms with van der Waals surface area (Å²) in [6.07, 6.45) is 1.33. The summed E-state index contributed by atoms with van der Waals surface area (Å²) in [4.78, 5) is 24.7. The zero-order valence-electron chi connectivity index (χ0n) is 8.49. The van der Waals surface area contributed by atoms with E-state index in [1.165, 1.54) is 29.5 Å². The Morgan fingerprint density at radius 2 is 2.18 bits per heavy atom. The normalized spacial score (nSPS) is 9.65. The van der Waals surface area contributed by atoms with Gasteiger partial charge in [-0.15, -0.1) is 11.3 Å². The van der Waals surface area contributed by atoms with Gasteiger partial charge in [0, 0.05) is 10.9 Å². The van der Waals surface area contributed by atoms with Gasteiger partial charge in [-0.05, 0) is 29.1 Å². The minimum atomic E-state index is -0.575. The highest BCUT2D eigenvalue weighted by Gasteiger charge is 2.14. The van der Waals surface area contributed by atoms with Crippen molar-refractivity contribution in [2.75, 3.05) is 0 Å². The second-order valence-electron chi connectivity index (χ2n) is 3.14. The van der Waals surface area contributed by atoms with Gasteiger partial charge in [0.2, 0.25) is 6.08 Å². The van der Waals surface area contributed by atoms with Crippen molar-refractivity contribution in [2.45, 2.75) is 0 Å². The Kier molecular flexibility index (Phi) is 3.09. The van der Waals surface area contributed by atoms with Crippen LogP contribution >= 0.6 is 11.3 Å². The predicted molar refractivity (Wildman–Crippen MR) is 64.2 cm³/mol. The number of rotatable bonds is 3. The van der Waals surface area contributed by atoms with Crippen LogP contribution in [0.5, 0.6) is 0 Å². The number of isocyanates is 1. The molecule has 84 valence electrons. The fourth-order valence-electron chi connectivity index (χ4n) is 1.41. The molecule has 1 aromatic carbocycles. The predicted octanol–water partition coefficient (Wildman–Crippen LogP) is 3.29. The van der Waals surface area contributed by atoms with Crippen molar-refractivity contribution in [1.29, 1.82) is 0 Å². The Bertz CT molecular complexity index is 601. The van der Waals surface area contributed by atoms with E-state index in [1.54, 1.807) is 6.07 Å². The van der Waals surface area contributed by atoms with Crippen molar-refractivity contribution in [3.63, 3.8) is 0 Å². The lowest BCUT2D eigenvalue weighted by Gasteiger charge is -1.99. The van der Waals surface area contributed by atoms with Crippen LogP contribution in [0, 0.1) is 10.1 Å². The van der Waals surface area contributed by atoms with Gasteiger partial charge in [-0.2, -0.15) is 4.99 Å². The van der Waals surface area contributed by atoms with E-state index in [1.807, 2.05) is 17.5 Å². The molecule has 2 aromatic rings. The Morgan fingerprint density at radius 3 is 2.76 bits per heavy atom. The standard InChI is InChI=1S/C11H6N2O3S/c14-7-12-9-6-8(11-2-1-5-17-11)3-4-10(9)13(15)16/h1-6H. The fraction of sp³-hybridized carbons (Fsp3) is 0. The topological polar surface area (TPSA) is 72.6 Å². The SMILES string of the molecule is O=C=Nc1cc(-c2cccs2)ccc1[N+](=O)[O-]. The summed E-state index contributed by atoms with van der Waals surface area (Å²) in [7, 11) is 0. The van der Waals surface area contributed by atoms with Gasteiger partial charge in [0.1, 0.15) is 0 Å². The van der Waals surface area contributed by atoms with Crippen LogP contribution in [-0.2, 0) is 4.79 Å². The maximum atomic E-state index is 10.7. The van der Waals surface area contributed by atoms with Crippen LogP contribution in [0.25, 0.3) is 10.4 Å². The number of hydrogen-bond donors (Lipinski definition) is 0. The molecule has 0 bridgehead atoms. The lowest BCUT2D eigenvalue weighted by Crippen LogP contribution is -1.88. The first-order valence-electron chi connectivity index (χ1n) is 4.62. The zero-order valence-corrected chi connectivity index (χ0v) is 9.31. The molecule has 0 saturated carbocycles. The smallest absolute Gasteiger partial charge is 0.258 e. The van der Waals surface area contributed by atoms with Crippen LogP contribution in [0.1, 0.15) is 0 Å². The third-order valence-electron chi connectivity index (χ3n) is 2.14. The Labute approximate surface area is 100 Å². The largest absolute Gasteiger partial charge is 0.295 e. The Morgan fingerprint density at radius 1 is 1.35 bits per heavy atom. The molecule has 0 aliphatic heterocycles. The number of benzene rings is 1. The van der Waals surface area contributed by atoms with Crippen LogP contribution in [0.15, 0.2) is 40.7 Å². The van der Waals surface area contributed by atoms with Gasteiger partial charge in [0.15, 0.2) is 5.69 Å². The molecule has 1 heterocycles. The molecule has 0 radical (unpaired) electrons. The molecule has 6 heteroatoms. The van der Waals surface area contributed by atoms with Crippen molar-refractivity contribution in [2.24, 2.45) is 4.99 Å². The molecule has 5 nitrogen and oxygen atoms in total. The number of nitro benzene ring substituents is 1. The molecule has 0 atom stereocenters. The van der Waals surface area contributed by atoms with E-state index in [-0.39, 0.29) is 11.4 Å². The molecular formula is C11H6N2O3S. The van der Waals surface area contributed by atoms with Gasteiger partial charge in [-0.1, -0.05) is 6.07 Å². The van der Waals surface area contributed by atoms with Crippen LogP contribution in [0.4, 0.5) is 11.4 Å². The molecule has 0 saturated heterocycles. The number of nitrogens with zero attached hydrogens (tertiary/aromatic N) is 2. The highest BCUT2D eigenvalue weighted by atomic mass is 32.1. The molecule has 0 fully saturated rings. The summed E-state index contributed by atoms with van der Waals surface area (Å²) >= 11 is 1.51. The maximum absolute atomic E-state index is 10.7. The second-order valence-corrected chi connectivity index (χ2v) is 4.09. The molecule has 0 spiro atoms. The van der Waals surface area contributed by atoms with E-state index in [9.17, 15) is 14.9 Å². The Hall–Kier alpha value is -2.30. The van der Waals surface area contributed by atoms with Crippen LogP contribution in [0.3, 0.4) is 0 Å². The molecule has 0 aliphatic carbocycles. The molecule has 0 amide bonds. The van der Waals surface area contributed by atoms with Crippen molar-refractivity contribution in [3.8, 4) is 10.4 Å². The zero-order chi connectivity index (χ0) is 12.3. The van der Waals surface area contributed by atoms with Crippen molar-refractivity contribution in [1.82, 2.24) is 0 Å². The number of aliphatic imine (C=N–C) groups is 1. The van der Waals surface area contributed by atoms with Crippen molar-refractivity contribution in [3.05, 3.63) is 45.8 Å². The number of nitro groups is 1. The van der Waals surface area contributed by atoms with Gasteiger partial charge < -0.3 is 0 Å². The first-order valence-corrected chi connectivity index (χ1v) is 5.50. The lowest BCUT2D eigenvalue weighted by molar-refractivity contribution is -0.384. The minimum absolute atomic E-state index is 0.0240. The summed E-state index contributed by atoms with van der Waals surface area (Å²) in [5.74, 6) is 0. The van der Waals surface area contributed by atoms with E-state index in [4.69, 9.17) is 0 Å². The molecule has 17 heavy (non-hydrogen) atoms. The van der Waals surface area contributed by atoms with E-state index < -0.39 is 4.92 Å².